The van der Waals surface area contributed by atoms with E-state index in [9.17, 15) is 4.79 Å². The van der Waals surface area contributed by atoms with Gasteiger partial charge in [-0.25, -0.2) is 0 Å². The predicted octanol–water partition coefficient (Wildman–Crippen LogP) is 1.38. The maximum atomic E-state index is 10.9. The van der Waals surface area contributed by atoms with Gasteiger partial charge in [0.15, 0.2) is 0 Å². The molecule has 0 bridgehead atoms. The van der Waals surface area contributed by atoms with Crippen LogP contribution in [-0.2, 0) is 9.53 Å². The summed E-state index contributed by atoms with van der Waals surface area (Å²) in [5.41, 5.74) is 0.857. The van der Waals surface area contributed by atoms with Crippen molar-refractivity contribution in [2.24, 2.45) is 4.99 Å². The first kappa shape index (κ1) is 7.98. The lowest BCUT2D eigenvalue weighted by molar-refractivity contribution is -0.135. The van der Waals surface area contributed by atoms with Crippen LogP contribution < -0.4 is 0 Å². The highest BCUT2D eigenvalue weighted by atomic mass is 16.5. The van der Waals surface area contributed by atoms with Crippen molar-refractivity contribution in [2.45, 2.75) is 6.42 Å². The molecular weight excluding hydrogens is 166 g/mol. The summed E-state index contributed by atoms with van der Waals surface area (Å²) in [6.07, 6.45) is 0.385. The molecule has 0 saturated heterocycles. The first-order valence-corrected chi connectivity index (χ1v) is 4.17. The van der Waals surface area contributed by atoms with E-state index in [1.165, 1.54) is 0 Å². The van der Waals surface area contributed by atoms with E-state index in [-0.39, 0.29) is 5.97 Å². The minimum absolute atomic E-state index is 0.200. The highest BCUT2D eigenvalue weighted by Crippen LogP contribution is 2.07. The molecule has 0 saturated carbocycles. The Balaban J connectivity index is 2.27. The minimum Gasteiger partial charge on any atom is -0.407 e. The number of aliphatic imine (C=N–C) groups is 1. The maximum absolute atomic E-state index is 10.9. The third kappa shape index (κ3) is 1.75. The molecule has 13 heavy (non-hydrogen) atoms. The van der Waals surface area contributed by atoms with Gasteiger partial charge in [-0.15, -0.1) is 0 Å². The van der Waals surface area contributed by atoms with Crippen molar-refractivity contribution in [3.05, 3.63) is 35.9 Å². The van der Waals surface area contributed by atoms with Gasteiger partial charge in [-0.2, -0.15) is 0 Å². The van der Waals surface area contributed by atoms with Crippen LogP contribution in [0.4, 0.5) is 0 Å². The fourth-order valence-electron chi connectivity index (χ4n) is 1.17. The van der Waals surface area contributed by atoms with Crippen molar-refractivity contribution >= 4 is 11.9 Å². The van der Waals surface area contributed by atoms with E-state index in [0.717, 1.165) is 5.56 Å². The van der Waals surface area contributed by atoms with Crippen LogP contribution in [0.25, 0.3) is 0 Å². The average Bonchev–Trinajstić information content (AvgIpc) is 2.19. The first-order valence-electron chi connectivity index (χ1n) is 4.17. The smallest absolute Gasteiger partial charge is 0.314 e. The Morgan fingerprint density at radius 3 is 2.69 bits per heavy atom. The van der Waals surface area contributed by atoms with Crippen molar-refractivity contribution in [2.75, 3.05) is 6.54 Å². The van der Waals surface area contributed by atoms with Crippen LogP contribution in [0.1, 0.15) is 12.0 Å². The SMILES string of the molecule is O=C1CCN=C(c2ccccc2)O1. The van der Waals surface area contributed by atoms with Crippen LogP contribution in [0.15, 0.2) is 35.3 Å². The molecule has 1 heterocycles. The zero-order valence-corrected chi connectivity index (χ0v) is 7.06. The molecule has 0 N–H and O–H groups in total. The van der Waals surface area contributed by atoms with Gasteiger partial charge in [0, 0.05) is 5.56 Å². The van der Waals surface area contributed by atoms with Gasteiger partial charge >= 0.3 is 5.97 Å². The quantitative estimate of drug-likeness (QED) is 0.605. The van der Waals surface area contributed by atoms with E-state index >= 15 is 0 Å². The molecule has 0 aliphatic carbocycles. The molecular formula is C10H9NO2. The zero-order valence-electron chi connectivity index (χ0n) is 7.06. The Kier molecular flexibility index (Phi) is 2.08. The van der Waals surface area contributed by atoms with Gasteiger partial charge in [-0.3, -0.25) is 9.79 Å². The molecule has 66 valence electrons. The number of carbonyl (C=O) groups excluding carboxylic acids is 1. The molecule has 0 amide bonds. The molecule has 3 heteroatoms. The topological polar surface area (TPSA) is 38.7 Å². The predicted molar refractivity (Wildman–Crippen MR) is 48.6 cm³/mol. The lowest BCUT2D eigenvalue weighted by Crippen LogP contribution is -2.19. The molecule has 0 radical (unpaired) electrons. The number of hydrogen-bond donors (Lipinski definition) is 0. The van der Waals surface area contributed by atoms with Crippen LogP contribution in [0, 0.1) is 0 Å². The first-order chi connectivity index (χ1) is 6.36. The highest BCUT2D eigenvalue weighted by molar-refractivity contribution is 6.01. The van der Waals surface area contributed by atoms with Crippen LogP contribution in [0.3, 0.4) is 0 Å². The summed E-state index contributed by atoms with van der Waals surface area (Å²) < 4.78 is 4.98. The second kappa shape index (κ2) is 3.39. The number of rotatable bonds is 1. The van der Waals surface area contributed by atoms with Crippen molar-refractivity contribution in [1.82, 2.24) is 0 Å². The molecule has 0 unspecified atom stereocenters. The number of nitrogens with zero attached hydrogens (tertiary/aromatic N) is 1. The third-order valence-electron chi connectivity index (χ3n) is 1.80. The van der Waals surface area contributed by atoms with E-state index in [4.69, 9.17) is 4.74 Å². The standard InChI is InChI=1S/C10H9NO2/c12-9-6-7-11-10(13-9)8-4-2-1-3-5-8/h1-5H,6-7H2. The lowest BCUT2D eigenvalue weighted by Gasteiger charge is -2.11. The fourth-order valence-corrected chi connectivity index (χ4v) is 1.17. The molecule has 1 aromatic carbocycles. The number of benzene rings is 1. The van der Waals surface area contributed by atoms with E-state index in [0.29, 0.717) is 18.9 Å². The van der Waals surface area contributed by atoms with Crippen LogP contribution in [0.5, 0.6) is 0 Å². The average molecular weight is 175 g/mol. The van der Waals surface area contributed by atoms with Gasteiger partial charge in [-0.1, -0.05) is 18.2 Å². The van der Waals surface area contributed by atoms with Crippen molar-refractivity contribution in [1.29, 1.82) is 0 Å². The second-order valence-corrected chi connectivity index (χ2v) is 2.78. The van der Waals surface area contributed by atoms with Crippen molar-refractivity contribution < 1.29 is 9.53 Å². The van der Waals surface area contributed by atoms with E-state index in [2.05, 4.69) is 4.99 Å². The van der Waals surface area contributed by atoms with Gasteiger partial charge < -0.3 is 4.74 Å². The molecule has 0 spiro atoms. The largest absolute Gasteiger partial charge is 0.407 e. The van der Waals surface area contributed by atoms with Gasteiger partial charge in [0.1, 0.15) is 0 Å². The summed E-state index contributed by atoms with van der Waals surface area (Å²) in [4.78, 5) is 15.1. The molecule has 1 aromatic rings. The summed E-state index contributed by atoms with van der Waals surface area (Å²) >= 11 is 0. The summed E-state index contributed by atoms with van der Waals surface area (Å²) in [5.74, 6) is 0.241. The molecule has 0 atom stereocenters. The lowest BCUT2D eigenvalue weighted by atomic mass is 10.2. The van der Waals surface area contributed by atoms with Gasteiger partial charge in [-0.05, 0) is 12.1 Å². The van der Waals surface area contributed by atoms with E-state index in [1.807, 2.05) is 30.3 Å². The Morgan fingerprint density at radius 1 is 1.23 bits per heavy atom. The molecule has 1 aliphatic heterocycles. The van der Waals surface area contributed by atoms with Crippen molar-refractivity contribution in [3.8, 4) is 0 Å². The summed E-state index contributed by atoms with van der Waals surface area (Å²) in [7, 11) is 0. The van der Waals surface area contributed by atoms with Gasteiger partial charge in [0.05, 0.1) is 13.0 Å². The Bertz CT molecular complexity index is 343. The number of ether oxygens (including phenoxy) is 1. The Hall–Kier alpha value is -1.64. The van der Waals surface area contributed by atoms with Gasteiger partial charge in [0.2, 0.25) is 5.90 Å². The molecule has 1 aliphatic rings. The second-order valence-electron chi connectivity index (χ2n) is 2.78. The van der Waals surface area contributed by atoms with Gasteiger partial charge in [0.25, 0.3) is 0 Å². The Morgan fingerprint density at radius 2 is 2.00 bits per heavy atom. The van der Waals surface area contributed by atoms with Crippen LogP contribution >= 0.6 is 0 Å². The molecule has 0 fully saturated rings. The monoisotopic (exact) mass is 175 g/mol. The van der Waals surface area contributed by atoms with E-state index < -0.39 is 0 Å². The summed E-state index contributed by atoms with van der Waals surface area (Å²) in [6, 6.07) is 9.43. The number of hydrogen-bond acceptors (Lipinski definition) is 3. The van der Waals surface area contributed by atoms with Crippen LogP contribution in [0.2, 0.25) is 0 Å². The number of carbonyl (C=O) groups is 1. The minimum atomic E-state index is -0.200. The molecule has 0 aromatic heterocycles. The zero-order chi connectivity index (χ0) is 9.10. The summed E-state index contributed by atoms with van der Waals surface area (Å²) in [6.45, 7) is 0.531. The maximum Gasteiger partial charge on any atom is 0.314 e. The van der Waals surface area contributed by atoms with Crippen LogP contribution in [-0.4, -0.2) is 18.4 Å². The number of esters is 1. The number of cyclic esters (lactones) is 1. The normalized spacial score (nSPS) is 16.3. The third-order valence-corrected chi connectivity index (χ3v) is 1.80. The Labute approximate surface area is 76.1 Å². The molecule has 2 rings (SSSR count). The summed E-state index contributed by atoms with van der Waals surface area (Å²) in [5, 5.41) is 0. The molecule has 3 nitrogen and oxygen atoms in total. The fraction of sp³-hybridized carbons (Fsp3) is 0.200. The highest BCUT2D eigenvalue weighted by Gasteiger charge is 2.14. The van der Waals surface area contributed by atoms with Crippen molar-refractivity contribution in [3.63, 3.8) is 0 Å². The van der Waals surface area contributed by atoms with E-state index in [1.54, 1.807) is 0 Å².